The van der Waals surface area contributed by atoms with Crippen molar-refractivity contribution in [1.29, 1.82) is 0 Å². The Morgan fingerprint density at radius 3 is 2.23 bits per heavy atom. The molecule has 1 N–H and O–H groups in total. The number of aliphatic hydroxyl groups excluding tert-OH is 1. The summed E-state index contributed by atoms with van der Waals surface area (Å²) in [5.41, 5.74) is 2.05. The molecule has 1 aliphatic heterocycles. The normalized spacial score (nSPS) is 20.4. The van der Waals surface area contributed by atoms with Crippen molar-refractivity contribution in [3.8, 4) is 0 Å². The van der Waals surface area contributed by atoms with E-state index in [2.05, 4.69) is 4.90 Å². The first kappa shape index (κ1) is 21.2. The molecular weight excluding hydrogens is 393 g/mol. The van der Waals surface area contributed by atoms with Gasteiger partial charge >= 0.3 is 0 Å². The van der Waals surface area contributed by atoms with Crippen LogP contribution in [0.2, 0.25) is 10.0 Å². The molecule has 0 radical (unpaired) electrons. The summed E-state index contributed by atoms with van der Waals surface area (Å²) in [5, 5.41) is 11.4. The summed E-state index contributed by atoms with van der Waals surface area (Å²) in [7, 11) is 0. The van der Waals surface area contributed by atoms with E-state index in [1.807, 2.05) is 36.4 Å². The first-order chi connectivity index (χ1) is 12.0. The molecule has 0 aliphatic carbocycles. The maximum atomic E-state index is 12.5. The number of piperidine rings is 1. The van der Waals surface area contributed by atoms with Gasteiger partial charge in [0.25, 0.3) is 0 Å². The van der Waals surface area contributed by atoms with E-state index in [0.717, 1.165) is 11.1 Å². The molecule has 0 spiro atoms. The Labute approximate surface area is 170 Å². The van der Waals surface area contributed by atoms with Crippen LogP contribution < -0.4 is 0 Å². The number of halogens is 3. The second-order valence-electron chi connectivity index (χ2n) is 6.56. The number of nitrogens with zero attached hydrogens (tertiary/aromatic N) is 1. The predicted molar refractivity (Wildman–Crippen MR) is 108 cm³/mol. The zero-order valence-corrected chi connectivity index (χ0v) is 16.6. The van der Waals surface area contributed by atoms with Crippen molar-refractivity contribution in [2.75, 3.05) is 13.1 Å². The number of carbonyl (C=O) groups is 1. The quantitative estimate of drug-likeness (QED) is 0.769. The van der Waals surface area contributed by atoms with Gasteiger partial charge in [-0.2, -0.15) is 0 Å². The highest BCUT2D eigenvalue weighted by Gasteiger charge is 2.29. The van der Waals surface area contributed by atoms with Gasteiger partial charge in [-0.1, -0.05) is 47.5 Å². The lowest BCUT2D eigenvalue weighted by Crippen LogP contribution is -2.41. The van der Waals surface area contributed by atoms with Crippen LogP contribution in [0, 0.1) is 0 Å². The average Bonchev–Trinajstić information content (AvgIpc) is 2.59. The van der Waals surface area contributed by atoms with Gasteiger partial charge in [0.15, 0.2) is 5.78 Å². The predicted octanol–water partition coefficient (Wildman–Crippen LogP) is 4.72. The molecule has 2 atom stereocenters. The molecule has 1 aliphatic rings. The van der Waals surface area contributed by atoms with Gasteiger partial charge in [-0.25, -0.2) is 0 Å². The smallest absolute Gasteiger partial charge is 0.151 e. The topological polar surface area (TPSA) is 40.5 Å². The molecular formula is C20H22Cl3NO2. The molecule has 1 fully saturated rings. The van der Waals surface area contributed by atoms with Gasteiger partial charge in [-0.15, -0.1) is 12.4 Å². The number of aliphatic hydroxyl groups is 1. The van der Waals surface area contributed by atoms with Crippen LogP contribution in [-0.4, -0.2) is 35.0 Å². The van der Waals surface area contributed by atoms with Crippen LogP contribution in [0.15, 0.2) is 48.5 Å². The summed E-state index contributed by atoms with van der Waals surface area (Å²) in [6.07, 6.45) is 1.39. The second kappa shape index (κ2) is 9.72. The first-order valence-corrected chi connectivity index (χ1v) is 9.20. The molecule has 6 heteroatoms. The van der Waals surface area contributed by atoms with Crippen LogP contribution in [0.4, 0.5) is 0 Å². The Bertz CT molecular complexity index is 719. The summed E-state index contributed by atoms with van der Waals surface area (Å²) in [4.78, 5) is 14.7. The lowest BCUT2D eigenvalue weighted by Gasteiger charge is -2.37. The van der Waals surface area contributed by atoms with Crippen molar-refractivity contribution in [2.24, 2.45) is 0 Å². The maximum Gasteiger partial charge on any atom is 0.151 e. The van der Waals surface area contributed by atoms with Crippen molar-refractivity contribution in [3.63, 3.8) is 0 Å². The van der Waals surface area contributed by atoms with Gasteiger partial charge in [0.1, 0.15) is 0 Å². The van der Waals surface area contributed by atoms with E-state index in [4.69, 9.17) is 23.2 Å². The number of carbonyl (C=O) groups excluding carboxylic acids is 1. The van der Waals surface area contributed by atoms with E-state index >= 15 is 0 Å². The lowest BCUT2D eigenvalue weighted by atomic mass is 9.93. The molecule has 0 amide bonds. The number of hydrogen-bond donors (Lipinski definition) is 1. The van der Waals surface area contributed by atoms with Crippen LogP contribution in [-0.2, 0) is 11.2 Å². The van der Waals surface area contributed by atoms with Crippen molar-refractivity contribution < 1.29 is 9.90 Å². The number of rotatable bonds is 5. The van der Waals surface area contributed by atoms with Crippen LogP contribution in [0.1, 0.15) is 30.0 Å². The molecule has 26 heavy (non-hydrogen) atoms. The Kier molecular flexibility index (Phi) is 7.93. The number of hydrogen-bond acceptors (Lipinski definition) is 3. The molecule has 1 heterocycles. The molecule has 2 aromatic carbocycles. The highest BCUT2D eigenvalue weighted by Crippen LogP contribution is 2.31. The van der Waals surface area contributed by atoms with Crippen molar-refractivity contribution in [2.45, 2.75) is 31.4 Å². The van der Waals surface area contributed by atoms with Crippen LogP contribution in [0.25, 0.3) is 0 Å². The number of Topliss-reactive ketones (excluding diaryl/α,β-unsaturated/α-hetero) is 1. The first-order valence-electron chi connectivity index (χ1n) is 8.45. The van der Waals surface area contributed by atoms with E-state index in [1.165, 1.54) is 0 Å². The summed E-state index contributed by atoms with van der Waals surface area (Å²) < 4.78 is 0. The minimum atomic E-state index is -0.330. The average molecular weight is 415 g/mol. The Hall–Kier alpha value is -1.10. The maximum absolute atomic E-state index is 12.5. The van der Waals surface area contributed by atoms with Gasteiger partial charge in [0.05, 0.1) is 12.6 Å². The Morgan fingerprint density at radius 2 is 1.62 bits per heavy atom. The van der Waals surface area contributed by atoms with Gasteiger partial charge in [0, 0.05) is 29.1 Å². The van der Waals surface area contributed by atoms with Gasteiger partial charge in [0.2, 0.25) is 0 Å². The molecule has 0 aromatic heterocycles. The van der Waals surface area contributed by atoms with E-state index in [-0.39, 0.29) is 30.3 Å². The molecule has 2 aromatic rings. The number of ketones is 1. The zero-order chi connectivity index (χ0) is 17.8. The third-order valence-corrected chi connectivity index (χ3v) is 5.14. The fourth-order valence-electron chi connectivity index (χ4n) is 3.33. The lowest BCUT2D eigenvalue weighted by molar-refractivity contribution is -0.121. The largest absolute Gasteiger partial charge is 0.393 e. The third kappa shape index (κ3) is 5.70. The van der Waals surface area contributed by atoms with Crippen LogP contribution in [0.5, 0.6) is 0 Å². The Balaban J connectivity index is 0.00000243. The van der Waals surface area contributed by atoms with E-state index in [9.17, 15) is 9.90 Å². The SMILES string of the molecule is Cl.O=C(Cc1ccc(Cl)cc1)CN1CCC(O)CC1c1ccc(Cl)cc1. The van der Waals surface area contributed by atoms with E-state index < -0.39 is 0 Å². The van der Waals surface area contributed by atoms with Crippen molar-refractivity contribution in [1.82, 2.24) is 4.90 Å². The van der Waals surface area contributed by atoms with Crippen molar-refractivity contribution >= 4 is 41.4 Å². The van der Waals surface area contributed by atoms with Gasteiger partial charge in [-0.3, -0.25) is 9.69 Å². The summed E-state index contributed by atoms with van der Waals surface area (Å²) in [5.74, 6) is 0.165. The standard InChI is InChI=1S/C20H21Cl2NO2.ClH/c21-16-5-1-14(2-6-16)11-19(25)13-23-10-9-18(24)12-20(23)15-3-7-17(22)8-4-15;/h1-8,18,20,24H,9-13H2;1H. The fraction of sp³-hybridized carbons (Fsp3) is 0.350. The summed E-state index contributed by atoms with van der Waals surface area (Å²) in [6, 6.07) is 15.1. The molecule has 0 bridgehead atoms. The molecule has 0 saturated carbocycles. The molecule has 2 unspecified atom stereocenters. The molecule has 3 rings (SSSR count). The minimum Gasteiger partial charge on any atom is -0.393 e. The minimum absolute atomic E-state index is 0. The second-order valence-corrected chi connectivity index (χ2v) is 7.43. The third-order valence-electron chi connectivity index (χ3n) is 4.63. The van der Waals surface area contributed by atoms with Crippen molar-refractivity contribution in [3.05, 3.63) is 69.7 Å². The van der Waals surface area contributed by atoms with E-state index in [1.54, 1.807) is 12.1 Å². The number of likely N-dealkylation sites (tertiary alicyclic amines) is 1. The fourth-order valence-corrected chi connectivity index (χ4v) is 3.58. The molecule has 1 saturated heterocycles. The Morgan fingerprint density at radius 1 is 1.04 bits per heavy atom. The van der Waals surface area contributed by atoms with Gasteiger partial charge in [-0.05, 0) is 48.2 Å². The van der Waals surface area contributed by atoms with Gasteiger partial charge < -0.3 is 5.11 Å². The molecule has 140 valence electrons. The van der Waals surface area contributed by atoms with E-state index in [0.29, 0.717) is 42.4 Å². The zero-order valence-electron chi connectivity index (χ0n) is 14.3. The van der Waals surface area contributed by atoms with Crippen LogP contribution >= 0.6 is 35.6 Å². The highest BCUT2D eigenvalue weighted by molar-refractivity contribution is 6.30. The summed E-state index contributed by atoms with van der Waals surface area (Å²) in [6.45, 7) is 1.09. The summed E-state index contributed by atoms with van der Waals surface area (Å²) >= 11 is 11.9. The van der Waals surface area contributed by atoms with Crippen LogP contribution in [0.3, 0.4) is 0 Å². The number of benzene rings is 2. The highest BCUT2D eigenvalue weighted by atomic mass is 35.5. The monoisotopic (exact) mass is 413 g/mol. The molecule has 3 nitrogen and oxygen atoms in total.